The lowest BCUT2D eigenvalue weighted by Crippen LogP contribution is -2.29. The van der Waals surface area contributed by atoms with Gasteiger partial charge in [0.1, 0.15) is 16.2 Å². The molecule has 0 radical (unpaired) electrons. The first-order chi connectivity index (χ1) is 14.4. The predicted octanol–water partition coefficient (Wildman–Crippen LogP) is 5.52. The number of fused-ring (bicyclic) bond motifs is 3. The van der Waals surface area contributed by atoms with Gasteiger partial charge in [0.15, 0.2) is 0 Å². The number of carbonyl (C=O) groups is 1. The quantitative estimate of drug-likeness (QED) is 0.451. The maximum atomic E-state index is 12.4. The number of benzene rings is 2. The molecule has 0 unspecified atom stereocenters. The summed E-state index contributed by atoms with van der Waals surface area (Å²) in [6, 6.07) is 10.8. The first-order valence-corrected chi connectivity index (χ1v) is 10.5. The van der Waals surface area contributed by atoms with Crippen molar-refractivity contribution in [2.75, 3.05) is 20.7 Å². The van der Waals surface area contributed by atoms with Crippen molar-refractivity contribution in [3.8, 4) is 22.6 Å². The second-order valence-electron chi connectivity index (χ2n) is 6.71. The molecule has 0 fully saturated rings. The lowest BCUT2D eigenvalue weighted by atomic mass is 9.97. The highest BCUT2D eigenvalue weighted by Crippen LogP contribution is 2.43. The molecule has 0 aliphatic rings. The van der Waals surface area contributed by atoms with Crippen LogP contribution in [0.1, 0.15) is 6.92 Å². The fourth-order valence-electron chi connectivity index (χ4n) is 3.32. The Morgan fingerprint density at radius 2 is 1.97 bits per heavy atom. The summed E-state index contributed by atoms with van der Waals surface area (Å²) in [6.45, 7) is 2.43. The average molecular weight is 443 g/mol. The number of methoxy groups -OCH3 is 1. The summed E-state index contributed by atoms with van der Waals surface area (Å²) in [5, 5.41) is 3.91. The van der Waals surface area contributed by atoms with E-state index in [9.17, 15) is 9.59 Å². The minimum absolute atomic E-state index is 0.173. The molecule has 154 valence electrons. The molecule has 0 spiro atoms. The summed E-state index contributed by atoms with van der Waals surface area (Å²) in [6.07, 6.45) is -0.419. The molecule has 2 heterocycles. The van der Waals surface area contributed by atoms with E-state index in [1.807, 2.05) is 30.5 Å². The number of hydrogen-bond acceptors (Lipinski definition) is 5. The van der Waals surface area contributed by atoms with Crippen LogP contribution in [0.25, 0.3) is 32.1 Å². The molecule has 4 rings (SSSR count). The maximum absolute atomic E-state index is 12.4. The Morgan fingerprint density at radius 3 is 2.63 bits per heavy atom. The molecular weight excluding hydrogens is 424 g/mol. The lowest BCUT2D eigenvalue weighted by Gasteiger charge is -2.16. The number of carbonyl (C=O) groups excluding carboxylic acids is 1. The number of nitrogens with one attached hydrogen (secondary N) is 1. The second-order valence-corrected chi connectivity index (χ2v) is 8.03. The predicted molar refractivity (Wildman–Crippen MR) is 121 cm³/mol. The Hall–Kier alpha value is -3.03. The van der Waals surface area contributed by atoms with Crippen molar-refractivity contribution in [1.82, 2.24) is 9.88 Å². The number of halogens is 1. The Bertz CT molecular complexity index is 1310. The molecular formula is C22H19ClN2O4S. The van der Waals surface area contributed by atoms with Crippen LogP contribution < -0.4 is 15.0 Å². The number of pyridine rings is 1. The smallest absolute Gasteiger partial charge is 0.414 e. The average Bonchev–Trinajstić information content (AvgIpc) is 3.25. The van der Waals surface area contributed by atoms with Crippen LogP contribution in [0.5, 0.6) is 11.5 Å². The number of ether oxygens (including phenoxy) is 2. The molecule has 6 nitrogen and oxygen atoms in total. The van der Waals surface area contributed by atoms with E-state index >= 15 is 0 Å². The number of thiophene rings is 1. The van der Waals surface area contributed by atoms with Gasteiger partial charge in [0, 0.05) is 36.0 Å². The van der Waals surface area contributed by atoms with E-state index in [2.05, 4.69) is 4.98 Å². The summed E-state index contributed by atoms with van der Waals surface area (Å²) in [5.74, 6) is 1.03. The maximum Gasteiger partial charge on any atom is 0.414 e. The van der Waals surface area contributed by atoms with Gasteiger partial charge in [-0.05, 0) is 36.1 Å². The number of aromatic amines is 1. The van der Waals surface area contributed by atoms with E-state index in [0.29, 0.717) is 33.3 Å². The monoisotopic (exact) mass is 442 g/mol. The Balaban J connectivity index is 1.90. The summed E-state index contributed by atoms with van der Waals surface area (Å²) in [5.41, 5.74) is 2.04. The van der Waals surface area contributed by atoms with Crippen molar-refractivity contribution < 1.29 is 14.3 Å². The molecule has 0 aliphatic carbocycles. The van der Waals surface area contributed by atoms with Crippen LogP contribution in [0.4, 0.5) is 4.79 Å². The summed E-state index contributed by atoms with van der Waals surface area (Å²) >= 11 is 7.83. The van der Waals surface area contributed by atoms with E-state index in [1.54, 1.807) is 32.4 Å². The van der Waals surface area contributed by atoms with E-state index < -0.39 is 6.09 Å². The van der Waals surface area contributed by atoms with Crippen molar-refractivity contribution in [3.05, 3.63) is 57.2 Å². The fourth-order valence-corrected chi connectivity index (χ4v) is 4.35. The van der Waals surface area contributed by atoms with Crippen LogP contribution in [-0.2, 0) is 0 Å². The number of aromatic nitrogens is 1. The molecule has 0 saturated carbocycles. The van der Waals surface area contributed by atoms with Crippen LogP contribution >= 0.6 is 22.9 Å². The lowest BCUT2D eigenvalue weighted by molar-refractivity contribution is 0.165. The third-order valence-corrected chi connectivity index (χ3v) is 6.19. The van der Waals surface area contributed by atoms with Crippen LogP contribution in [0.15, 0.2) is 46.6 Å². The first kappa shape index (κ1) is 20.3. The van der Waals surface area contributed by atoms with Gasteiger partial charge in [0.25, 0.3) is 5.56 Å². The standard InChI is InChI=1S/C22H19ClN2O4S/c1-4-25(2)22(27)29-13-7-5-12(6-8-13)17-16(28-3)11-15(23)19-18(17)14-9-10-30-20(14)21(26)24-19/h5-11H,4H2,1-3H3,(H,24,26). The Morgan fingerprint density at radius 1 is 1.23 bits per heavy atom. The molecule has 30 heavy (non-hydrogen) atoms. The highest BCUT2D eigenvalue weighted by molar-refractivity contribution is 7.17. The minimum atomic E-state index is -0.419. The van der Waals surface area contributed by atoms with E-state index in [4.69, 9.17) is 21.1 Å². The van der Waals surface area contributed by atoms with Crippen molar-refractivity contribution in [1.29, 1.82) is 0 Å². The summed E-state index contributed by atoms with van der Waals surface area (Å²) in [4.78, 5) is 28.8. The van der Waals surface area contributed by atoms with Gasteiger partial charge in [0.05, 0.1) is 17.6 Å². The van der Waals surface area contributed by atoms with E-state index in [-0.39, 0.29) is 5.56 Å². The Kier molecular flexibility index (Phi) is 5.40. The van der Waals surface area contributed by atoms with Gasteiger partial charge in [-0.15, -0.1) is 11.3 Å². The van der Waals surface area contributed by atoms with Crippen LogP contribution in [0.3, 0.4) is 0 Å². The molecule has 2 aromatic carbocycles. The number of amides is 1. The van der Waals surface area contributed by atoms with Gasteiger partial charge in [-0.3, -0.25) is 4.79 Å². The molecule has 0 bridgehead atoms. The number of H-pyrrole nitrogens is 1. The normalized spacial score (nSPS) is 11.1. The number of nitrogens with zero attached hydrogens (tertiary/aromatic N) is 1. The zero-order valence-corrected chi connectivity index (χ0v) is 18.2. The summed E-state index contributed by atoms with van der Waals surface area (Å²) in [7, 11) is 3.25. The number of hydrogen-bond donors (Lipinski definition) is 1. The Labute approximate surface area is 181 Å². The van der Waals surface area contributed by atoms with Crippen LogP contribution in [0, 0.1) is 0 Å². The molecule has 4 aromatic rings. The van der Waals surface area contributed by atoms with Gasteiger partial charge in [0.2, 0.25) is 0 Å². The molecule has 1 amide bonds. The molecule has 0 aliphatic heterocycles. The zero-order valence-electron chi connectivity index (χ0n) is 16.6. The molecule has 0 atom stereocenters. The third kappa shape index (κ3) is 3.40. The van der Waals surface area contributed by atoms with Gasteiger partial charge in [-0.2, -0.15) is 0 Å². The highest BCUT2D eigenvalue weighted by Gasteiger charge is 2.19. The van der Waals surface area contributed by atoms with Crippen molar-refractivity contribution in [2.45, 2.75) is 6.92 Å². The topological polar surface area (TPSA) is 71.6 Å². The van der Waals surface area contributed by atoms with Crippen LogP contribution in [-0.4, -0.2) is 36.7 Å². The SMILES string of the molecule is CCN(C)C(=O)Oc1ccc(-c2c(OC)cc(Cl)c3[nH]c(=O)c4sccc4c23)cc1. The largest absolute Gasteiger partial charge is 0.496 e. The molecule has 1 N–H and O–H groups in total. The number of rotatable bonds is 4. The van der Waals surface area contributed by atoms with Gasteiger partial charge in [-0.1, -0.05) is 23.7 Å². The van der Waals surface area contributed by atoms with Crippen LogP contribution in [0.2, 0.25) is 5.02 Å². The van der Waals surface area contributed by atoms with Crippen molar-refractivity contribution in [2.24, 2.45) is 0 Å². The fraction of sp³-hybridized carbons (Fsp3) is 0.182. The first-order valence-electron chi connectivity index (χ1n) is 9.27. The minimum Gasteiger partial charge on any atom is -0.496 e. The van der Waals surface area contributed by atoms with E-state index in [0.717, 1.165) is 21.9 Å². The second kappa shape index (κ2) is 8.01. The molecule has 2 aromatic heterocycles. The molecule has 0 saturated heterocycles. The third-order valence-electron chi connectivity index (χ3n) is 4.98. The van der Waals surface area contributed by atoms with Gasteiger partial charge in [-0.25, -0.2) is 4.79 Å². The zero-order chi connectivity index (χ0) is 21.4. The molecule has 8 heteroatoms. The van der Waals surface area contributed by atoms with Gasteiger partial charge < -0.3 is 19.4 Å². The summed E-state index contributed by atoms with van der Waals surface area (Å²) < 4.78 is 11.6. The van der Waals surface area contributed by atoms with Crippen molar-refractivity contribution >= 4 is 50.0 Å². The van der Waals surface area contributed by atoms with Crippen molar-refractivity contribution in [3.63, 3.8) is 0 Å². The highest BCUT2D eigenvalue weighted by atomic mass is 35.5. The van der Waals surface area contributed by atoms with E-state index in [1.165, 1.54) is 16.2 Å². The van der Waals surface area contributed by atoms with Gasteiger partial charge >= 0.3 is 6.09 Å².